The minimum absolute atomic E-state index is 0.110. The quantitative estimate of drug-likeness (QED) is 0.269. The predicted octanol–water partition coefficient (Wildman–Crippen LogP) is 4.64. The fourth-order valence-electron chi connectivity index (χ4n) is 5.40. The van der Waals surface area contributed by atoms with Crippen LogP contribution < -0.4 is 0 Å². The van der Waals surface area contributed by atoms with Crippen LogP contribution in [0, 0.1) is 17.2 Å². The molecule has 0 N–H and O–H groups in total. The second kappa shape index (κ2) is 9.20. The number of carbonyl (C=O) groups excluding carboxylic acids is 1. The van der Waals surface area contributed by atoms with E-state index in [1.54, 1.807) is 41.3 Å². The van der Waals surface area contributed by atoms with Gasteiger partial charge in [0.1, 0.15) is 5.82 Å². The SMILES string of the molecule is CC(C)n1ncc(SN2CC[C@H]3Cc4c(cnn4-c4ccc(F)cc4)C[C@]3(C(=O)c3nccs3)C2)n1. The van der Waals surface area contributed by atoms with E-state index in [2.05, 4.69) is 24.6 Å². The molecule has 11 heteroatoms. The molecular formula is C25H26FN7OS2. The Morgan fingerprint density at radius 1 is 1.22 bits per heavy atom. The fourth-order valence-corrected chi connectivity index (χ4v) is 7.05. The average molecular weight is 524 g/mol. The minimum atomic E-state index is -0.596. The van der Waals surface area contributed by atoms with Gasteiger partial charge in [0.15, 0.2) is 15.8 Å². The van der Waals surface area contributed by atoms with E-state index in [0.29, 0.717) is 18.0 Å². The summed E-state index contributed by atoms with van der Waals surface area (Å²) in [6.07, 6.45) is 7.57. The Hall–Kier alpha value is -2.89. The molecule has 1 fully saturated rings. The molecule has 1 aromatic carbocycles. The molecular weight excluding hydrogens is 497 g/mol. The van der Waals surface area contributed by atoms with Crippen molar-refractivity contribution < 1.29 is 9.18 Å². The maximum Gasteiger partial charge on any atom is 0.199 e. The molecule has 2 atom stereocenters. The number of benzene rings is 1. The van der Waals surface area contributed by atoms with Crippen molar-refractivity contribution in [3.63, 3.8) is 0 Å². The summed E-state index contributed by atoms with van der Waals surface area (Å²) < 4.78 is 17.7. The Morgan fingerprint density at radius 2 is 2.06 bits per heavy atom. The summed E-state index contributed by atoms with van der Waals surface area (Å²) in [6.45, 7) is 5.55. The highest BCUT2D eigenvalue weighted by molar-refractivity contribution is 7.97. The van der Waals surface area contributed by atoms with Gasteiger partial charge >= 0.3 is 0 Å². The van der Waals surface area contributed by atoms with E-state index in [4.69, 9.17) is 0 Å². The van der Waals surface area contributed by atoms with E-state index in [1.165, 1.54) is 23.5 Å². The first-order valence-electron chi connectivity index (χ1n) is 12.0. The average Bonchev–Trinajstić information content (AvgIpc) is 3.64. The Labute approximate surface area is 216 Å². The lowest BCUT2D eigenvalue weighted by molar-refractivity contribution is 0.0417. The normalized spacial score (nSPS) is 21.9. The maximum atomic E-state index is 14.0. The summed E-state index contributed by atoms with van der Waals surface area (Å²) in [4.78, 5) is 20.1. The van der Waals surface area contributed by atoms with Gasteiger partial charge in [-0.3, -0.25) is 4.79 Å². The second-order valence-corrected chi connectivity index (χ2v) is 11.8. The van der Waals surface area contributed by atoms with Crippen molar-refractivity contribution in [3.05, 3.63) is 70.3 Å². The van der Waals surface area contributed by atoms with Gasteiger partial charge in [0.2, 0.25) is 0 Å². The van der Waals surface area contributed by atoms with Gasteiger partial charge in [0.25, 0.3) is 0 Å². The lowest BCUT2D eigenvalue weighted by atomic mass is 9.61. The first-order valence-corrected chi connectivity index (χ1v) is 13.7. The van der Waals surface area contributed by atoms with Gasteiger partial charge in [-0.15, -0.1) is 16.4 Å². The number of aromatic nitrogens is 6. The van der Waals surface area contributed by atoms with Crippen molar-refractivity contribution in [2.75, 3.05) is 13.1 Å². The van der Waals surface area contributed by atoms with Crippen LogP contribution >= 0.6 is 23.3 Å². The van der Waals surface area contributed by atoms with Crippen molar-refractivity contribution in [2.24, 2.45) is 11.3 Å². The number of piperidine rings is 1. The van der Waals surface area contributed by atoms with Crippen LogP contribution in [0.3, 0.4) is 0 Å². The lowest BCUT2D eigenvalue weighted by Crippen LogP contribution is -2.55. The van der Waals surface area contributed by atoms with Gasteiger partial charge in [-0.1, -0.05) is 0 Å². The molecule has 0 amide bonds. The highest BCUT2D eigenvalue weighted by Gasteiger charge is 2.53. The third-order valence-corrected chi connectivity index (χ3v) is 8.91. The molecule has 36 heavy (non-hydrogen) atoms. The summed E-state index contributed by atoms with van der Waals surface area (Å²) in [5, 5.41) is 16.9. The molecule has 4 heterocycles. The molecule has 1 saturated heterocycles. The molecule has 0 radical (unpaired) electrons. The number of rotatable bonds is 6. The van der Waals surface area contributed by atoms with Crippen LogP contribution in [0.25, 0.3) is 5.69 Å². The molecule has 0 bridgehead atoms. The molecule has 8 nitrogen and oxygen atoms in total. The largest absolute Gasteiger partial charge is 0.291 e. The summed E-state index contributed by atoms with van der Waals surface area (Å²) in [7, 11) is 0. The van der Waals surface area contributed by atoms with Gasteiger partial charge in [0.05, 0.1) is 29.5 Å². The number of hydrogen-bond acceptors (Lipinski definition) is 8. The van der Waals surface area contributed by atoms with Crippen LogP contribution in [-0.4, -0.2) is 52.9 Å². The van der Waals surface area contributed by atoms with E-state index in [-0.39, 0.29) is 23.6 Å². The van der Waals surface area contributed by atoms with Crippen molar-refractivity contribution >= 4 is 29.1 Å². The standard InChI is InChI=1S/C25H26FN7OS2/c1-16(2)33-29-14-22(30-33)36-31-9-7-18-11-21-17(13-28-32(21)20-5-3-19(26)4-6-20)12-25(18,15-31)23(34)24-27-8-10-35-24/h3-6,8,10,13-14,16,18H,7,9,11-12,15H2,1-2H3/t18-,25-/m0/s1. The Kier molecular flexibility index (Phi) is 6.01. The number of carbonyl (C=O) groups is 1. The first kappa shape index (κ1) is 23.5. The maximum absolute atomic E-state index is 14.0. The lowest BCUT2D eigenvalue weighted by Gasteiger charge is -2.48. The molecule has 6 rings (SSSR count). The number of nitrogens with zero attached hydrogens (tertiary/aromatic N) is 7. The highest BCUT2D eigenvalue weighted by atomic mass is 32.2. The third-order valence-electron chi connectivity index (χ3n) is 7.19. The number of ketones is 1. The van der Waals surface area contributed by atoms with Crippen molar-refractivity contribution in [1.29, 1.82) is 0 Å². The highest BCUT2D eigenvalue weighted by Crippen LogP contribution is 2.49. The molecule has 4 aromatic rings. The molecule has 186 valence electrons. The van der Waals surface area contributed by atoms with Gasteiger partial charge in [-0.25, -0.2) is 18.4 Å². The van der Waals surface area contributed by atoms with E-state index < -0.39 is 5.41 Å². The van der Waals surface area contributed by atoms with Crippen LogP contribution in [0.2, 0.25) is 0 Å². The van der Waals surface area contributed by atoms with E-state index >= 15 is 0 Å². The molecule has 1 aliphatic heterocycles. The fraction of sp³-hybridized carbons (Fsp3) is 0.400. The molecule has 3 aromatic heterocycles. The van der Waals surface area contributed by atoms with E-state index in [9.17, 15) is 9.18 Å². The van der Waals surface area contributed by atoms with Crippen molar-refractivity contribution in [3.8, 4) is 5.69 Å². The first-order chi connectivity index (χ1) is 17.4. The van der Waals surface area contributed by atoms with Crippen molar-refractivity contribution in [2.45, 2.75) is 44.2 Å². The van der Waals surface area contributed by atoms with Crippen LogP contribution in [-0.2, 0) is 12.8 Å². The predicted molar refractivity (Wildman–Crippen MR) is 136 cm³/mol. The minimum Gasteiger partial charge on any atom is -0.291 e. The number of thiazole rings is 1. The monoisotopic (exact) mass is 523 g/mol. The van der Waals surface area contributed by atoms with Gasteiger partial charge in [0, 0.05) is 30.4 Å². The molecule has 0 spiro atoms. The van der Waals surface area contributed by atoms with Gasteiger partial charge in [-0.2, -0.15) is 15.0 Å². The van der Waals surface area contributed by atoms with Gasteiger partial charge in [-0.05, 0) is 80.8 Å². The summed E-state index contributed by atoms with van der Waals surface area (Å²) >= 11 is 2.97. The van der Waals surface area contributed by atoms with E-state index in [1.807, 2.05) is 30.1 Å². The molecule has 2 aliphatic rings. The second-order valence-electron chi connectivity index (χ2n) is 9.75. The Morgan fingerprint density at radius 3 is 2.78 bits per heavy atom. The number of hydrogen-bond donors (Lipinski definition) is 0. The Bertz CT molecular complexity index is 1380. The number of fused-ring (bicyclic) bond motifs is 2. The number of Topliss-reactive ketones (excluding diaryl/α,β-unsaturated/α-hetero) is 1. The summed E-state index contributed by atoms with van der Waals surface area (Å²) in [6, 6.07) is 6.59. The van der Waals surface area contributed by atoms with Gasteiger partial charge < -0.3 is 0 Å². The molecule has 0 saturated carbocycles. The van der Waals surface area contributed by atoms with Crippen LogP contribution in [0.5, 0.6) is 0 Å². The summed E-state index contributed by atoms with van der Waals surface area (Å²) in [5.74, 6) is -0.00885. The summed E-state index contributed by atoms with van der Waals surface area (Å²) in [5.41, 5.74) is 2.41. The van der Waals surface area contributed by atoms with Crippen LogP contribution in [0.15, 0.2) is 53.3 Å². The molecule has 1 aliphatic carbocycles. The smallest absolute Gasteiger partial charge is 0.199 e. The zero-order chi connectivity index (χ0) is 24.9. The van der Waals surface area contributed by atoms with Crippen LogP contribution in [0.1, 0.15) is 47.4 Å². The zero-order valence-electron chi connectivity index (χ0n) is 20.0. The third kappa shape index (κ3) is 4.08. The number of halogens is 1. The topological polar surface area (TPSA) is 81.7 Å². The van der Waals surface area contributed by atoms with Crippen molar-refractivity contribution in [1.82, 2.24) is 34.1 Å². The molecule has 0 unspecified atom stereocenters. The van der Waals surface area contributed by atoms with E-state index in [0.717, 1.165) is 41.4 Å². The Balaban J connectivity index is 1.34. The van der Waals surface area contributed by atoms with Crippen LogP contribution in [0.4, 0.5) is 4.39 Å². The zero-order valence-corrected chi connectivity index (χ0v) is 21.7.